The Kier molecular flexibility index (Phi) is 4.27. The van der Waals surface area contributed by atoms with Crippen molar-refractivity contribution in [2.45, 2.75) is 26.2 Å². The molecule has 0 saturated heterocycles. The van der Waals surface area contributed by atoms with E-state index in [1.807, 2.05) is 30.3 Å². The third kappa shape index (κ3) is 3.07. The molecule has 0 atom stereocenters. The van der Waals surface area contributed by atoms with Crippen LogP contribution < -0.4 is 5.56 Å². The Balaban J connectivity index is 2.00. The normalized spacial score (nSPS) is 11.7. The fraction of sp³-hybridized carbons (Fsp3) is 0.167. The first kappa shape index (κ1) is 18.0. The standard InChI is InChI=1S/C24H21NO3/c1-24(2,3)20-13-16(17-10-7-11-25-23(17)27)12-18-19(14-28-22(18)20)21(26)15-8-5-4-6-9-15/h4-14H,1-3H3,(H,25,27). The molecule has 28 heavy (non-hydrogen) atoms. The lowest BCUT2D eigenvalue weighted by molar-refractivity contribution is 0.103. The van der Waals surface area contributed by atoms with Gasteiger partial charge in [-0.3, -0.25) is 9.59 Å². The highest BCUT2D eigenvalue weighted by Gasteiger charge is 2.25. The molecule has 4 nitrogen and oxygen atoms in total. The number of hydrogen-bond donors (Lipinski definition) is 1. The van der Waals surface area contributed by atoms with Crippen molar-refractivity contribution in [3.63, 3.8) is 0 Å². The fourth-order valence-corrected chi connectivity index (χ4v) is 3.42. The molecular weight excluding hydrogens is 350 g/mol. The van der Waals surface area contributed by atoms with Crippen molar-refractivity contribution in [1.29, 1.82) is 0 Å². The number of rotatable bonds is 3. The minimum absolute atomic E-state index is 0.0988. The van der Waals surface area contributed by atoms with Gasteiger partial charge in [0.15, 0.2) is 5.78 Å². The van der Waals surface area contributed by atoms with E-state index in [2.05, 4.69) is 25.8 Å². The molecular formula is C24H21NO3. The van der Waals surface area contributed by atoms with Gasteiger partial charge in [0.25, 0.3) is 5.56 Å². The first-order chi connectivity index (χ1) is 13.4. The number of H-pyrrole nitrogens is 1. The van der Waals surface area contributed by atoms with E-state index in [0.717, 1.165) is 16.5 Å². The minimum atomic E-state index is -0.222. The number of nitrogens with one attached hydrogen (secondary N) is 1. The van der Waals surface area contributed by atoms with Crippen LogP contribution in [0.3, 0.4) is 0 Å². The van der Waals surface area contributed by atoms with Gasteiger partial charge in [-0.2, -0.15) is 0 Å². The van der Waals surface area contributed by atoms with E-state index in [9.17, 15) is 9.59 Å². The number of ketones is 1. The molecule has 0 spiro atoms. The Labute approximate surface area is 162 Å². The number of aromatic nitrogens is 1. The number of fused-ring (bicyclic) bond motifs is 1. The highest BCUT2D eigenvalue weighted by Crippen LogP contribution is 2.37. The summed E-state index contributed by atoms with van der Waals surface area (Å²) in [6.07, 6.45) is 3.13. The summed E-state index contributed by atoms with van der Waals surface area (Å²) in [6, 6.07) is 16.6. The summed E-state index contributed by atoms with van der Waals surface area (Å²) in [6.45, 7) is 6.26. The predicted molar refractivity (Wildman–Crippen MR) is 111 cm³/mol. The molecule has 0 aliphatic carbocycles. The quantitative estimate of drug-likeness (QED) is 0.496. The summed E-state index contributed by atoms with van der Waals surface area (Å²) in [4.78, 5) is 28.1. The van der Waals surface area contributed by atoms with Gasteiger partial charge in [0.05, 0.1) is 5.56 Å². The van der Waals surface area contributed by atoms with Crippen molar-refractivity contribution in [3.8, 4) is 11.1 Å². The first-order valence-corrected chi connectivity index (χ1v) is 9.20. The maximum Gasteiger partial charge on any atom is 0.255 e. The zero-order valence-corrected chi connectivity index (χ0v) is 16.1. The van der Waals surface area contributed by atoms with Gasteiger partial charge in [0, 0.05) is 28.3 Å². The van der Waals surface area contributed by atoms with Crippen LogP contribution in [0.5, 0.6) is 0 Å². The number of furan rings is 1. The lowest BCUT2D eigenvalue weighted by atomic mass is 9.83. The number of pyridine rings is 1. The topological polar surface area (TPSA) is 63.1 Å². The first-order valence-electron chi connectivity index (χ1n) is 9.20. The van der Waals surface area contributed by atoms with Crippen LogP contribution in [-0.4, -0.2) is 10.8 Å². The Morgan fingerprint density at radius 3 is 2.43 bits per heavy atom. The third-order valence-corrected chi connectivity index (χ3v) is 4.89. The van der Waals surface area contributed by atoms with Crippen molar-refractivity contribution in [1.82, 2.24) is 4.98 Å². The van der Waals surface area contributed by atoms with Crippen molar-refractivity contribution >= 4 is 16.8 Å². The molecule has 0 unspecified atom stereocenters. The highest BCUT2D eigenvalue weighted by molar-refractivity contribution is 6.16. The molecule has 4 aromatic rings. The molecule has 4 rings (SSSR count). The number of aromatic amines is 1. The average Bonchev–Trinajstić information content (AvgIpc) is 3.10. The van der Waals surface area contributed by atoms with E-state index < -0.39 is 0 Å². The van der Waals surface area contributed by atoms with Gasteiger partial charge in [-0.05, 0) is 35.2 Å². The summed E-state index contributed by atoms with van der Waals surface area (Å²) in [5, 5.41) is 0.722. The summed E-state index contributed by atoms with van der Waals surface area (Å²) >= 11 is 0. The molecule has 4 heteroatoms. The van der Waals surface area contributed by atoms with E-state index >= 15 is 0 Å². The molecule has 0 bridgehead atoms. The molecule has 2 aromatic carbocycles. The summed E-state index contributed by atoms with van der Waals surface area (Å²) in [5.41, 5.74) is 3.68. The second-order valence-electron chi connectivity index (χ2n) is 7.91. The molecule has 2 aromatic heterocycles. The van der Waals surface area contributed by atoms with Crippen LogP contribution >= 0.6 is 0 Å². The van der Waals surface area contributed by atoms with Crippen LogP contribution in [-0.2, 0) is 5.41 Å². The average molecular weight is 371 g/mol. The SMILES string of the molecule is CC(C)(C)c1cc(-c2ccc[nH]c2=O)cc2c(C(=O)c3ccccc3)coc12. The highest BCUT2D eigenvalue weighted by atomic mass is 16.3. The molecule has 0 radical (unpaired) electrons. The molecule has 0 saturated carbocycles. The molecule has 140 valence electrons. The maximum atomic E-state index is 13.1. The van der Waals surface area contributed by atoms with E-state index in [1.165, 1.54) is 6.26 Å². The van der Waals surface area contributed by atoms with Gasteiger partial charge in [-0.15, -0.1) is 0 Å². The van der Waals surface area contributed by atoms with Crippen LogP contribution in [0.1, 0.15) is 42.3 Å². The molecule has 0 aliphatic heterocycles. The number of benzene rings is 2. The third-order valence-electron chi connectivity index (χ3n) is 4.89. The lowest BCUT2D eigenvalue weighted by Gasteiger charge is -2.20. The monoisotopic (exact) mass is 371 g/mol. The summed E-state index contributed by atoms with van der Waals surface area (Å²) < 4.78 is 5.86. The molecule has 0 fully saturated rings. The Morgan fingerprint density at radius 2 is 1.75 bits per heavy atom. The van der Waals surface area contributed by atoms with E-state index in [4.69, 9.17) is 4.42 Å². The smallest absolute Gasteiger partial charge is 0.255 e. The zero-order valence-electron chi connectivity index (χ0n) is 16.1. The van der Waals surface area contributed by atoms with Crippen LogP contribution in [0, 0.1) is 0 Å². The zero-order chi connectivity index (χ0) is 19.9. The number of carbonyl (C=O) groups is 1. The molecule has 1 N–H and O–H groups in total. The second kappa shape index (κ2) is 6.64. The van der Waals surface area contributed by atoms with Crippen molar-refractivity contribution < 1.29 is 9.21 Å². The molecule has 2 heterocycles. The van der Waals surface area contributed by atoms with Gasteiger partial charge in [0.2, 0.25) is 0 Å². The van der Waals surface area contributed by atoms with Gasteiger partial charge < -0.3 is 9.40 Å². The maximum absolute atomic E-state index is 13.1. The fourth-order valence-electron chi connectivity index (χ4n) is 3.42. The Bertz CT molecular complexity index is 1220. The summed E-state index contributed by atoms with van der Waals surface area (Å²) in [5.74, 6) is -0.0988. The van der Waals surface area contributed by atoms with Crippen molar-refractivity contribution in [3.05, 3.63) is 94.1 Å². The summed E-state index contributed by atoms with van der Waals surface area (Å²) in [7, 11) is 0. The van der Waals surface area contributed by atoms with E-state index in [-0.39, 0.29) is 16.8 Å². The largest absolute Gasteiger partial charge is 0.463 e. The van der Waals surface area contributed by atoms with E-state index in [0.29, 0.717) is 22.3 Å². The Morgan fingerprint density at radius 1 is 1.00 bits per heavy atom. The van der Waals surface area contributed by atoms with Crippen molar-refractivity contribution in [2.24, 2.45) is 0 Å². The van der Waals surface area contributed by atoms with Gasteiger partial charge >= 0.3 is 0 Å². The van der Waals surface area contributed by atoms with E-state index in [1.54, 1.807) is 30.5 Å². The molecule has 0 amide bonds. The van der Waals surface area contributed by atoms with Gasteiger partial charge in [-0.25, -0.2) is 0 Å². The molecule has 0 aliphatic rings. The Hall–Kier alpha value is -3.40. The predicted octanol–water partition coefficient (Wildman–Crippen LogP) is 5.32. The number of carbonyl (C=O) groups excluding carboxylic acids is 1. The van der Waals surface area contributed by atoms with Gasteiger partial charge in [-0.1, -0.05) is 51.1 Å². The van der Waals surface area contributed by atoms with Crippen LogP contribution in [0.4, 0.5) is 0 Å². The number of hydrogen-bond acceptors (Lipinski definition) is 3. The van der Waals surface area contributed by atoms with Crippen LogP contribution in [0.25, 0.3) is 22.1 Å². The second-order valence-corrected chi connectivity index (χ2v) is 7.91. The van der Waals surface area contributed by atoms with Crippen LogP contribution in [0.15, 0.2) is 76.3 Å². The lowest BCUT2D eigenvalue weighted by Crippen LogP contribution is -2.13. The minimum Gasteiger partial charge on any atom is -0.463 e. The van der Waals surface area contributed by atoms with Gasteiger partial charge in [0.1, 0.15) is 11.8 Å². The van der Waals surface area contributed by atoms with Crippen molar-refractivity contribution in [2.75, 3.05) is 0 Å². The van der Waals surface area contributed by atoms with Crippen LogP contribution in [0.2, 0.25) is 0 Å².